The van der Waals surface area contributed by atoms with Gasteiger partial charge >= 0.3 is 6.18 Å². The molecule has 1 atom stereocenters. The molecule has 1 saturated heterocycles. The Labute approximate surface area is 119 Å². The van der Waals surface area contributed by atoms with Crippen LogP contribution in [0, 0.1) is 0 Å². The Morgan fingerprint density at radius 2 is 2.10 bits per heavy atom. The normalized spacial score (nSPS) is 24.4. The number of hydrogen-bond donors (Lipinski definition) is 2. The maximum Gasteiger partial charge on any atom is 0.433 e. The quantitative estimate of drug-likeness (QED) is 0.827. The van der Waals surface area contributed by atoms with Gasteiger partial charge in [0.1, 0.15) is 10.6 Å². The number of nitrogens with two attached hydrogens (primary N) is 1. The van der Waals surface area contributed by atoms with Crippen LogP contribution in [0.1, 0.15) is 12.1 Å². The Morgan fingerprint density at radius 3 is 2.52 bits per heavy atom. The molecule has 0 aliphatic carbocycles. The molecule has 1 fully saturated rings. The van der Waals surface area contributed by atoms with Crippen molar-refractivity contribution in [1.29, 1.82) is 0 Å². The number of nitrogens with zero attached hydrogens (tertiary/aromatic N) is 2. The number of hydrogen-bond acceptors (Lipinski definition) is 5. The topological polar surface area (TPSA) is 96.5 Å². The van der Waals surface area contributed by atoms with Gasteiger partial charge in [0, 0.05) is 25.8 Å². The lowest BCUT2D eigenvalue weighted by Gasteiger charge is -2.21. The largest absolute Gasteiger partial charge is 0.433 e. The molecule has 0 amide bonds. The van der Waals surface area contributed by atoms with Crippen molar-refractivity contribution in [3.63, 3.8) is 0 Å². The summed E-state index contributed by atoms with van der Waals surface area (Å²) in [5.41, 5.74) is 2.91. The number of rotatable bonds is 3. The van der Waals surface area contributed by atoms with Gasteiger partial charge in [-0.3, -0.25) is 4.98 Å². The molecule has 0 spiro atoms. The second-order valence-electron chi connectivity index (χ2n) is 4.89. The number of β-amino-alcohol motifs (C(OH)–C–C–N with tert-alkyl or cyclic N) is 1. The molecule has 0 radical (unpaired) electrons. The number of pyridine rings is 1. The van der Waals surface area contributed by atoms with Gasteiger partial charge in [0.2, 0.25) is 10.0 Å². The minimum atomic E-state index is -4.63. The number of aliphatic hydroxyl groups is 1. The molecular weight excluding hydrogens is 311 g/mol. The second kappa shape index (κ2) is 5.20. The summed E-state index contributed by atoms with van der Waals surface area (Å²) in [6, 6.07) is 1.46. The van der Waals surface area contributed by atoms with Crippen LogP contribution in [-0.4, -0.2) is 48.0 Å². The van der Waals surface area contributed by atoms with Gasteiger partial charge in [-0.2, -0.15) is 17.5 Å². The van der Waals surface area contributed by atoms with Gasteiger partial charge in [0.25, 0.3) is 0 Å². The van der Waals surface area contributed by atoms with Crippen molar-refractivity contribution < 1.29 is 26.7 Å². The Balaban J connectivity index is 2.25. The van der Waals surface area contributed by atoms with E-state index in [0.29, 0.717) is 12.3 Å². The van der Waals surface area contributed by atoms with E-state index in [1.165, 1.54) is 0 Å². The smallest absolute Gasteiger partial charge is 0.387 e. The lowest BCUT2D eigenvalue weighted by molar-refractivity contribution is -0.141. The minimum Gasteiger partial charge on any atom is -0.387 e. The number of alkyl halides is 3. The van der Waals surface area contributed by atoms with Crippen LogP contribution in [0.25, 0.3) is 0 Å². The zero-order valence-corrected chi connectivity index (χ0v) is 11.7. The molecule has 1 aliphatic rings. The highest BCUT2D eigenvalue weighted by Crippen LogP contribution is 2.30. The summed E-state index contributed by atoms with van der Waals surface area (Å²) < 4.78 is 62.7. The maximum absolute atomic E-state index is 12.4. The van der Waals surface area contributed by atoms with Gasteiger partial charge in [0.05, 0.1) is 5.60 Å². The van der Waals surface area contributed by atoms with Gasteiger partial charge in [-0.1, -0.05) is 0 Å². The highest BCUT2D eigenvalue weighted by molar-refractivity contribution is 7.89. The summed E-state index contributed by atoms with van der Waals surface area (Å²) in [5, 5.41) is 9.94. The summed E-state index contributed by atoms with van der Waals surface area (Å²) in [4.78, 5) is 2.78. The number of sulfonamides is 1. The Bertz CT molecular complexity index is 618. The Kier molecular flexibility index (Phi) is 4.00. The van der Waals surface area contributed by atoms with Gasteiger partial charge in [-0.15, -0.1) is 0 Å². The third-order valence-electron chi connectivity index (χ3n) is 3.34. The maximum atomic E-state index is 12.4. The van der Waals surface area contributed by atoms with Crippen LogP contribution >= 0.6 is 0 Å². The minimum absolute atomic E-state index is 0.0526. The molecule has 6 nitrogen and oxygen atoms in total. The molecular formula is C11H14F3N3O3S. The van der Waals surface area contributed by atoms with Crippen molar-refractivity contribution in [2.45, 2.75) is 23.1 Å². The lowest BCUT2D eigenvalue weighted by Crippen LogP contribution is -2.41. The summed E-state index contributed by atoms with van der Waals surface area (Å²) in [5.74, 6) is 0. The van der Waals surface area contributed by atoms with E-state index in [-0.39, 0.29) is 31.0 Å². The molecule has 1 unspecified atom stereocenters. The summed E-state index contributed by atoms with van der Waals surface area (Å²) in [7, 11) is -3.99. The van der Waals surface area contributed by atoms with E-state index in [4.69, 9.17) is 5.73 Å². The van der Waals surface area contributed by atoms with Crippen LogP contribution in [0.2, 0.25) is 0 Å². The molecule has 10 heteroatoms. The predicted octanol–water partition coefficient (Wildman–Crippen LogP) is 0.185. The number of halogens is 3. The summed E-state index contributed by atoms with van der Waals surface area (Å²) >= 11 is 0. The van der Waals surface area contributed by atoms with Crippen molar-refractivity contribution in [2.24, 2.45) is 5.73 Å². The first-order valence-corrected chi connectivity index (χ1v) is 7.48. The van der Waals surface area contributed by atoms with E-state index in [0.717, 1.165) is 10.4 Å². The van der Waals surface area contributed by atoms with Crippen molar-refractivity contribution in [2.75, 3.05) is 19.6 Å². The van der Waals surface area contributed by atoms with Crippen LogP contribution in [0.15, 0.2) is 23.2 Å². The molecule has 2 rings (SSSR count). The highest BCUT2D eigenvalue weighted by atomic mass is 32.2. The highest BCUT2D eigenvalue weighted by Gasteiger charge is 2.41. The molecule has 2 heterocycles. The molecule has 118 valence electrons. The molecule has 1 aliphatic heterocycles. The lowest BCUT2D eigenvalue weighted by atomic mass is 10.1. The predicted molar refractivity (Wildman–Crippen MR) is 66.6 cm³/mol. The van der Waals surface area contributed by atoms with Crippen LogP contribution in [-0.2, 0) is 16.2 Å². The van der Waals surface area contributed by atoms with Crippen LogP contribution in [0.4, 0.5) is 13.2 Å². The van der Waals surface area contributed by atoms with E-state index >= 15 is 0 Å². The monoisotopic (exact) mass is 325 g/mol. The SMILES string of the molecule is NCC1(O)CCN(S(=O)(=O)c2ccc(C(F)(F)F)nc2)C1. The Morgan fingerprint density at radius 1 is 1.43 bits per heavy atom. The van der Waals surface area contributed by atoms with Crippen LogP contribution in [0.5, 0.6) is 0 Å². The standard InChI is InChI=1S/C11H14F3N3O3S/c12-11(13,14)9-2-1-8(5-16-9)21(19,20)17-4-3-10(18,6-15)7-17/h1-2,5,18H,3-4,6-7,15H2. The third kappa shape index (κ3) is 3.18. The third-order valence-corrected chi connectivity index (χ3v) is 5.17. The molecule has 1 aromatic heterocycles. The first-order chi connectivity index (χ1) is 9.58. The molecule has 0 saturated carbocycles. The van der Waals surface area contributed by atoms with Crippen LogP contribution in [0.3, 0.4) is 0 Å². The van der Waals surface area contributed by atoms with Crippen molar-refractivity contribution in [3.8, 4) is 0 Å². The average molecular weight is 325 g/mol. The fraction of sp³-hybridized carbons (Fsp3) is 0.545. The van der Waals surface area contributed by atoms with Crippen molar-refractivity contribution in [3.05, 3.63) is 24.0 Å². The van der Waals surface area contributed by atoms with Crippen molar-refractivity contribution >= 4 is 10.0 Å². The van der Waals surface area contributed by atoms with Crippen molar-refractivity contribution in [1.82, 2.24) is 9.29 Å². The first kappa shape index (κ1) is 16.1. The van der Waals surface area contributed by atoms with E-state index in [9.17, 15) is 26.7 Å². The molecule has 21 heavy (non-hydrogen) atoms. The van der Waals surface area contributed by atoms with E-state index in [1.807, 2.05) is 0 Å². The molecule has 3 N–H and O–H groups in total. The summed E-state index contributed by atoms with van der Waals surface area (Å²) in [6.45, 7) is -0.228. The van der Waals surface area contributed by atoms with Gasteiger partial charge in [0.15, 0.2) is 0 Å². The Hall–Kier alpha value is -1.23. The fourth-order valence-corrected chi connectivity index (χ4v) is 3.51. The van der Waals surface area contributed by atoms with Gasteiger partial charge in [-0.25, -0.2) is 8.42 Å². The fourth-order valence-electron chi connectivity index (χ4n) is 2.04. The zero-order chi connectivity index (χ0) is 15.9. The second-order valence-corrected chi connectivity index (χ2v) is 6.83. The van der Waals surface area contributed by atoms with Gasteiger partial charge in [-0.05, 0) is 18.6 Å². The molecule has 0 bridgehead atoms. The summed E-state index contributed by atoms with van der Waals surface area (Å²) in [6.07, 6.45) is -3.79. The average Bonchev–Trinajstić information content (AvgIpc) is 2.82. The molecule has 0 aromatic carbocycles. The van der Waals surface area contributed by atoms with E-state index < -0.39 is 27.5 Å². The number of aromatic nitrogens is 1. The van der Waals surface area contributed by atoms with Gasteiger partial charge < -0.3 is 10.8 Å². The molecule has 1 aromatic rings. The van der Waals surface area contributed by atoms with E-state index in [1.54, 1.807) is 0 Å². The van der Waals surface area contributed by atoms with Crippen LogP contribution < -0.4 is 5.73 Å². The van der Waals surface area contributed by atoms with E-state index in [2.05, 4.69) is 4.98 Å². The first-order valence-electron chi connectivity index (χ1n) is 6.04. The zero-order valence-electron chi connectivity index (χ0n) is 10.8.